The summed E-state index contributed by atoms with van der Waals surface area (Å²) in [6.45, 7) is 1.63. The maximum atomic E-state index is 11.1. The Morgan fingerprint density at radius 3 is 2.86 bits per heavy atom. The van der Waals surface area contributed by atoms with Crippen LogP contribution in [-0.2, 0) is 4.79 Å². The van der Waals surface area contributed by atoms with Crippen molar-refractivity contribution in [2.75, 3.05) is 5.32 Å². The van der Waals surface area contributed by atoms with Crippen molar-refractivity contribution in [3.05, 3.63) is 26.2 Å². The SMILES string of the molecule is CC#CC(=O)Nc1ccc(I)cc1Br. The highest BCUT2D eigenvalue weighted by molar-refractivity contribution is 14.1. The average Bonchev–Trinajstić information content (AvgIpc) is 2.10. The van der Waals surface area contributed by atoms with Crippen LogP contribution in [0.4, 0.5) is 5.69 Å². The molecule has 14 heavy (non-hydrogen) atoms. The summed E-state index contributed by atoms with van der Waals surface area (Å²) in [4.78, 5) is 11.1. The van der Waals surface area contributed by atoms with E-state index >= 15 is 0 Å². The van der Waals surface area contributed by atoms with Gasteiger partial charge in [0.2, 0.25) is 0 Å². The lowest BCUT2D eigenvalue weighted by atomic mass is 10.3. The van der Waals surface area contributed by atoms with Crippen molar-refractivity contribution in [1.82, 2.24) is 0 Å². The predicted molar refractivity (Wildman–Crippen MR) is 68.9 cm³/mol. The van der Waals surface area contributed by atoms with Crippen LogP contribution in [0.25, 0.3) is 0 Å². The highest BCUT2D eigenvalue weighted by Gasteiger charge is 2.02. The first-order chi connectivity index (χ1) is 6.63. The number of carbonyl (C=O) groups excluding carboxylic acids is 1. The van der Waals surface area contributed by atoms with E-state index in [0.717, 1.165) is 13.7 Å². The van der Waals surface area contributed by atoms with Gasteiger partial charge in [0, 0.05) is 8.04 Å². The van der Waals surface area contributed by atoms with Gasteiger partial charge in [-0.3, -0.25) is 4.79 Å². The molecule has 0 saturated carbocycles. The Bertz CT molecular complexity index is 420. The summed E-state index contributed by atoms with van der Waals surface area (Å²) >= 11 is 5.56. The topological polar surface area (TPSA) is 29.1 Å². The second-order valence-electron chi connectivity index (χ2n) is 2.45. The molecule has 4 heteroatoms. The maximum Gasteiger partial charge on any atom is 0.300 e. The number of benzene rings is 1. The average molecular weight is 364 g/mol. The van der Waals surface area contributed by atoms with Crippen molar-refractivity contribution < 1.29 is 4.79 Å². The molecule has 1 aromatic rings. The van der Waals surface area contributed by atoms with Crippen molar-refractivity contribution in [3.63, 3.8) is 0 Å². The zero-order valence-corrected chi connectivity index (χ0v) is 11.1. The van der Waals surface area contributed by atoms with Crippen LogP contribution in [0, 0.1) is 15.4 Å². The van der Waals surface area contributed by atoms with Crippen molar-refractivity contribution in [3.8, 4) is 11.8 Å². The van der Waals surface area contributed by atoms with Crippen LogP contribution < -0.4 is 5.32 Å². The number of rotatable bonds is 1. The Labute approximate surface area is 105 Å². The minimum atomic E-state index is -0.297. The van der Waals surface area contributed by atoms with E-state index in [4.69, 9.17) is 0 Å². The van der Waals surface area contributed by atoms with Gasteiger partial charge >= 0.3 is 0 Å². The molecule has 0 radical (unpaired) electrons. The monoisotopic (exact) mass is 363 g/mol. The Morgan fingerprint density at radius 1 is 1.57 bits per heavy atom. The molecule has 0 aromatic heterocycles. The molecule has 0 unspecified atom stereocenters. The van der Waals surface area contributed by atoms with Gasteiger partial charge < -0.3 is 5.32 Å². The zero-order chi connectivity index (χ0) is 10.6. The second-order valence-corrected chi connectivity index (χ2v) is 4.55. The van der Waals surface area contributed by atoms with Crippen LogP contribution >= 0.6 is 38.5 Å². The Hall–Kier alpha value is -0.540. The standard InChI is InChI=1S/C10H7BrINO/c1-2-3-10(14)13-9-5-4-7(12)6-8(9)11/h4-6H,1H3,(H,13,14). The number of halogens is 2. The summed E-state index contributed by atoms with van der Waals surface area (Å²) in [5.74, 6) is 4.66. The highest BCUT2D eigenvalue weighted by atomic mass is 127. The number of amides is 1. The summed E-state index contributed by atoms with van der Waals surface area (Å²) < 4.78 is 1.96. The first-order valence-corrected chi connectivity index (χ1v) is 5.69. The molecule has 0 saturated heterocycles. The van der Waals surface area contributed by atoms with Crippen LogP contribution in [0.5, 0.6) is 0 Å². The van der Waals surface area contributed by atoms with Crippen molar-refractivity contribution >= 4 is 50.1 Å². The van der Waals surface area contributed by atoms with Gasteiger partial charge in [0.1, 0.15) is 0 Å². The lowest BCUT2D eigenvalue weighted by Crippen LogP contribution is -2.08. The van der Waals surface area contributed by atoms with Crippen molar-refractivity contribution in [1.29, 1.82) is 0 Å². The fourth-order valence-corrected chi connectivity index (χ4v) is 2.26. The third-order valence-electron chi connectivity index (χ3n) is 1.42. The summed E-state index contributed by atoms with van der Waals surface area (Å²) in [6.07, 6.45) is 0. The zero-order valence-electron chi connectivity index (χ0n) is 7.40. The molecule has 0 heterocycles. The van der Waals surface area contributed by atoms with Crippen LogP contribution in [0.1, 0.15) is 6.92 Å². The first kappa shape index (κ1) is 11.5. The largest absolute Gasteiger partial charge is 0.314 e. The van der Waals surface area contributed by atoms with Crippen LogP contribution in [-0.4, -0.2) is 5.91 Å². The summed E-state index contributed by atoms with van der Waals surface area (Å²) in [7, 11) is 0. The third kappa shape index (κ3) is 3.31. The minimum Gasteiger partial charge on any atom is -0.314 e. The summed E-state index contributed by atoms with van der Waals surface area (Å²) in [6, 6.07) is 5.68. The molecule has 1 N–H and O–H groups in total. The van der Waals surface area contributed by atoms with Gasteiger partial charge in [-0.05, 0) is 69.6 Å². The van der Waals surface area contributed by atoms with Crippen molar-refractivity contribution in [2.45, 2.75) is 6.92 Å². The lowest BCUT2D eigenvalue weighted by Gasteiger charge is -2.03. The number of anilines is 1. The highest BCUT2D eigenvalue weighted by Crippen LogP contribution is 2.24. The molecule has 0 aliphatic carbocycles. The molecule has 1 aromatic carbocycles. The molecule has 1 amide bonds. The maximum absolute atomic E-state index is 11.1. The van der Waals surface area contributed by atoms with Gasteiger partial charge in [-0.2, -0.15) is 0 Å². The van der Waals surface area contributed by atoms with Gasteiger partial charge in [0.25, 0.3) is 5.91 Å². The molecule has 1 rings (SSSR count). The molecular weight excluding hydrogens is 357 g/mol. The Morgan fingerprint density at radius 2 is 2.29 bits per heavy atom. The van der Waals surface area contributed by atoms with E-state index in [1.165, 1.54) is 0 Å². The molecule has 0 aliphatic rings. The van der Waals surface area contributed by atoms with E-state index < -0.39 is 0 Å². The van der Waals surface area contributed by atoms with Gasteiger partial charge in [-0.1, -0.05) is 5.92 Å². The third-order valence-corrected chi connectivity index (χ3v) is 2.74. The van der Waals surface area contributed by atoms with Crippen LogP contribution in [0.2, 0.25) is 0 Å². The molecule has 0 bridgehead atoms. The number of nitrogens with one attached hydrogen (secondary N) is 1. The predicted octanol–water partition coefficient (Wildman–Crippen LogP) is 3.02. The number of hydrogen-bond donors (Lipinski definition) is 1. The van der Waals surface area contributed by atoms with E-state index in [1.807, 2.05) is 18.2 Å². The molecular formula is C10H7BrINO. The molecule has 0 aliphatic heterocycles. The molecule has 0 fully saturated rings. The molecule has 72 valence electrons. The molecule has 0 spiro atoms. The second kappa shape index (κ2) is 5.37. The smallest absolute Gasteiger partial charge is 0.300 e. The van der Waals surface area contributed by atoms with Gasteiger partial charge in [0.15, 0.2) is 0 Å². The fraction of sp³-hybridized carbons (Fsp3) is 0.100. The quantitative estimate of drug-likeness (QED) is 0.603. The van der Waals surface area contributed by atoms with E-state index in [-0.39, 0.29) is 5.91 Å². The fourth-order valence-electron chi connectivity index (χ4n) is 0.858. The summed E-state index contributed by atoms with van der Waals surface area (Å²) in [5.41, 5.74) is 0.734. The van der Waals surface area contributed by atoms with Gasteiger partial charge in [-0.15, -0.1) is 0 Å². The van der Waals surface area contributed by atoms with Gasteiger partial charge in [0.05, 0.1) is 5.69 Å². The normalized spacial score (nSPS) is 8.79. The lowest BCUT2D eigenvalue weighted by molar-refractivity contribution is -0.111. The van der Waals surface area contributed by atoms with E-state index in [9.17, 15) is 4.79 Å². The Balaban J connectivity index is 2.85. The number of hydrogen-bond acceptors (Lipinski definition) is 1. The van der Waals surface area contributed by atoms with Crippen LogP contribution in [0.15, 0.2) is 22.7 Å². The van der Waals surface area contributed by atoms with E-state index in [1.54, 1.807) is 6.92 Å². The molecule has 2 nitrogen and oxygen atoms in total. The Kier molecular flexibility index (Phi) is 4.42. The molecule has 0 atom stereocenters. The first-order valence-electron chi connectivity index (χ1n) is 3.82. The van der Waals surface area contributed by atoms with Crippen LogP contribution in [0.3, 0.4) is 0 Å². The van der Waals surface area contributed by atoms with Gasteiger partial charge in [-0.25, -0.2) is 0 Å². The van der Waals surface area contributed by atoms with Crippen molar-refractivity contribution in [2.24, 2.45) is 0 Å². The van der Waals surface area contributed by atoms with E-state index in [2.05, 4.69) is 55.7 Å². The number of carbonyl (C=O) groups is 1. The summed E-state index contributed by atoms with van der Waals surface area (Å²) in [5, 5.41) is 2.68. The minimum absolute atomic E-state index is 0.297. The van der Waals surface area contributed by atoms with E-state index in [0.29, 0.717) is 0 Å².